The highest BCUT2D eigenvalue weighted by atomic mass is 32.1. The number of ketones is 1. The normalized spacial score (nSPS) is 10.4. The van der Waals surface area contributed by atoms with Crippen molar-refractivity contribution in [1.82, 2.24) is 0 Å². The molecule has 1 aromatic carbocycles. The molecule has 0 heterocycles. The number of hydrogen-bond donors (Lipinski definition) is 1. The molecule has 0 saturated heterocycles. The van der Waals surface area contributed by atoms with Gasteiger partial charge in [0.25, 0.3) is 0 Å². The van der Waals surface area contributed by atoms with E-state index in [4.69, 9.17) is 18.0 Å². The van der Waals surface area contributed by atoms with Gasteiger partial charge in [0.2, 0.25) is 0 Å². The first-order valence-electron chi connectivity index (χ1n) is 5.42. The molecule has 0 aliphatic carbocycles. The fourth-order valence-corrected chi connectivity index (χ4v) is 1.54. The van der Waals surface area contributed by atoms with Crippen molar-refractivity contribution >= 4 is 23.0 Å². The van der Waals surface area contributed by atoms with Crippen LogP contribution < -0.4 is 5.73 Å². The van der Waals surface area contributed by atoms with Crippen LogP contribution in [0.2, 0.25) is 0 Å². The SMILES string of the molecule is CC(C)c1ccc(C(=O)CCC(N)=S)cc1. The smallest absolute Gasteiger partial charge is 0.163 e. The van der Waals surface area contributed by atoms with Crippen LogP contribution in [0.5, 0.6) is 0 Å². The third kappa shape index (κ3) is 3.74. The van der Waals surface area contributed by atoms with Crippen LogP contribution in [0, 0.1) is 0 Å². The van der Waals surface area contributed by atoms with Crippen molar-refractivity contribution in [3.05, 3.63) is 35.4 Å². The van der Waals surface area contributed by atoms with Crippen LogP contribution in [-0.2, 0) is 0 Å². The minimum atomic E-state index is 0.100. The van der Waals surface area contributed by atoms with E-state index < -0.39 is 0 Å². The number of benzene rings is 1. The lowest BCUT2D eigenvalue weighted by atomic mass is 9.99. The Morgan fingerprint density at radius 1 is 1.25 bits per heavy atom. The van der Waals surface area contributed by atoms with E-state index in [0.29, 0.717) is 23.7 Å². The van der Waals surface area contributed by atoms with Crippen molar-refractivity contribution in [3.8, 4) is 0 Å². The maximum absolute atomic E-state index is 11.7. The zero-order chi connectivity index (χ0) is 12.1. The molecule has 0 aliphatic rings. The minimum absolute atomic E-state index is 0.100. The van der Waals surface area contributed by atoms with Crippen LogP contribution in [0.1, 0.15) is 48.5 Å². The number of nitrogens with two attached hydrogens (primary N) is 1. The number of carbonyl (C=O) groups excluding carboxylic acids is 1. The van der Waals surface area contributed by atoms with Crippen molar-refractivity contribution in [2.24, 2.45) is 5.73 Å². The summed E-state index contributed by atoms with van der Waals surface area (Å²) in [5, 5.41) is 0. The van der Waals surface area contributed by atoms with E-state index in [-0.39, 0.29) is 5.78 Å². The lowest BCUT2D eigenvalue weighted by Crippen LogP contribution is -2.10. The molecule has 0 aromatic heterocycles. The Balaban J connectivity index is 2.66. The highest BCUT2D eigenvalue weighted by molar-refractivity contribution is 7.80. The lowest BCUT2D eigenvalue weighted by molar-refractivity contribution is 0.0985. The van der Waals surface area contributed by atoms with Gasteiger partial charge in [0.05, 0.1) is 4.99 Å². The molecule has 0 fully saturated rings. The van der Waals surface area contributed by atoms with Gasteiger partial charge in [-0.05, 0) is 11.5 Å². The summed E-state index contributed by atoms with van der Waals surface area (Å²) in [6.45, 7) is 4.26. The highest BCUT2D eigenvalue weighted by Crippen LogP contribution is 2.15. The summed E-state index contributed by atoms with van der Waals surface area (Å²) in [6, 6.07) is 7.74. The summed E-state index contributed by atoms with van der Waals surface area (Å²) in [7, 11) is 0. The monoisotopic (exact) mass is 235 g/mol. The van der Waals surface area contributed by atoms with Crippen LogP contribution in [-0.4, -0.2) is 10.8 Å². The fraction of sp³-hybridized carbons (Fsp3) is 0.385. The number of hydrogen-bond acceptors (Lipinski definition) is 2. The number of thiocarbonyl (C=S) groups is 1. The first kappa shape index (κ1) is 12.8. The van der Waals surface area contributed by atoms with Crippen LogP contribution in [0.3, 0.4) is 0 Å². The van der Waals surface area contributed by atoms with Gasteiger partial charge in [-0.2, -0.15) is 0 Å². The zero-order valence-electron chi connectivity index (χ0n) is 9.69. The van der Waals surface area contributed by atoms with Gasteiger partial charge in [-0.15, -0.1) is 0 Å². The molecule has 2 nitrogen and oxygen atoms in total. The summed E-state index contributed by atoms with van der Waals surface area (Å²) in [4.78, 5) is 12.1. The Kier molecular flexibility index (Phi) is 4.62. The van der Waals surface area contributed by atoms with Gasteiger partial charge in [0, 0.05) is 18.4 Å². The minimum Gasteiger partial charge on any atom is -0.393 e. The molecule has 0 radical (unpaired) electrons. The molecule has 1 rings (SSSR count). The Morgan fingerprint density at radius 3 is 2.25 bits per heavy atom. The molecule has 2 N–H and O–H groups in total. The second-order valence-corrected chi connectivity index (χ2v) is 4.69. The number of rotatable bonds is 5. The van der Waals surface area contributed by atoms with E-state index in [1.165, 1.54) is 5.56 Å². The molecule has 0 spiro atoms. The maximum Gasteiger partial charge on any atom is 0.163 e. The summed E-state index contributed by atoms with van der Waals surface area (Å²) in [5.74, 6) is 0.587. The zero-order valence-corrected chi connectivity index (χ0v) is 10.5. The van der Waals surface area contributed by atoms with E-state index in [1.807, 2.05) is 24.3 Å². The number of Topliss-reactive ketones (excluding diaryl/α,β-unsaturated/α-hetero) is 1. The van der Waals surface area contributed by atoms with Crippen LogP contribution >= 0.6 is 12.2 Å². The van der Waals surface area contributed by atoms with E-state index in [9.17, 15) is 4.79 Å². The molecule has 0 unspecified atom stereocenters. The molecular weight excluding hydrogens is 218 g/mol. The Morgan fingerprint density at radius 2 is 1.81 bits per heavy atom. The van der Waals surface area contributed by atoms with Crippen molar-refractivity contribution in [2.75, 3.05) is 0 Å². The van der Waals surface area contributed by atoms with Crippen LogP contribution in [0.15, 0.2) is 24.3 Å². The Labute approximate surface area is 102 Å². The average Bonchev–Trinajstić information content (AvgIpc) is 2.26. The molecule has 86 valence electrons. The second kappa shape index (κ2) is 5.75. The van der Waals surface area contributed by atoms with Gasteiger partial charge in [-0.25, -0.2) is 0 Å². The average molecular weight is 235 g/mol. The molecule has 0 atom stereocenters. The van der Waals surface area contributed by atoms with Gasteiger partial charge in [0.1, 0.15) is 0 Å². The summed E-state index contributed by atoms with van der Waals surface area (Å²) in [6.07, 6.45) is 0.885. The molecule has 0 amide bonds. The van der Waals surface area contributed by atoms with E-state index >= 15 is 0 Å². The van der Waals surface area contributed by atoms with Crippen LogP contribution in [0.25, 0.3) is 0 Å². The van der Waals surface area contributed by atoms with Gasteiger partial charge in [-0.3, -0.25) is 4.79 Å². The predicted molar refractivity (Wildman–Crippen MR) is 70.9 cm³/mol. The largest absolute Gasteiger partial charge is 0.393 e. The second-order valence-electron chi connectivity index (χ2n) is 4.17. The van der Waals surface area contributed by atoms with Crippen molar-refractivity contribution in [3.63, 3.8) is 0 Å². The van der Waals surface area contributed by atoms with Crippen molar-refractivity contribution in [1.29, 1.82) is 0 Å². The molecule has 1 aromatic rings. The first-order valence-corrected chi connectivity index (χ1v) is 5.83. The van der Waals surface area contributed by atoms with Gasteiger partial charge >= 0.3 is 0 Å². The van der Waals surface area contributed by atoms with E-state index in [0.717, 1.165) is 5.56 Å². The van der Waals surface area contributed by atoms with Crippen LogP contribution in [0.4, 0.5) is 0 Å². The third-order valence-electron chi connectivity index (χ3n) is 2.50. The van der Waals surface area contributed by atoms with Gasteiger partial charge < -0.3 is 5.73 Å². The molecule has 3 heteroatoms. The van der Waals surface area contributed by atoms with Crippen molar-refractivity contribution < 1.29 is 4.79 Å². The summed E-state index contributed by atoms with van der Waals surface area (Å²) in [5.41, 5.74) is 7.34. The molecule has 0 aliphatic heterocycles. The summed E-state index contributed by atoms with van der Waals surface area (Å²) >= 11 is 4.74. The maximum atomic E-state index is 11.7. The molecule has 0 bridgehead atoms. The quantitative estimate of drug-likeness (QED) is 0.630. The van der Waals surface area contributed by atoms with E-state index in [1.54, 1.807) is 0 Å². The Hall–Kier alpha value is -1.22. The molecule has 16 heavy (non-hydrogen) atoms. The third-order valence-corrected chi connectivity index (χ3v) is 2.70. The molecular formula is C13H17NOS. The predicted octanol–water partition coefficient (Wildman–Crippen LogP) is 3.06. The topological polar surface area (TPSA) is 43.1 Å². The first-order chi connectivity index (χ1) is 7.50. The number of carbonyl (C=O) groups is 1. The lowest BCUT2D eigenvalue weighted by Gasteiger charge is -2.06. The van der Waals surface area contributed by atoms with Crippen molar-refractivity contribution in [2.45, 2.75) is 32.6 Å². The van der Waals surface area contributed by atoms with Gasteiger partial charge in [-0.1, -0.05) is 50.3 Å². The Bertz CT molecular complexity index is 381. The standard InChI is InChI=1S/C13H17NOS/c1-9(2)10-3-5-11(6-4-10)12(15)7-8-13(14)16/h3-6,9H,7-8H2,1-2H3,(H2,14,16). The summed E-state index contributed by atoms with van der Waals surface area (Å²) < 4.78 is 0. The van der Waals surface area contributed by atoms with Gasteiger partial charge in [0.15, 0.2) is 5.78 Å². The highest BCUT2D eigenvalue weighted by Gasteiger charge is 2.07. The molecule has 0 saturated carbocycles. The fourth-order valence-electron chi connectivity index (χ4n) is 1.43. The van der Waals surface area contributed by atoms with E-state index in [2.05, 4.69) is 13.8 Å².